The van der Waals surface area contributed by atoms with Gasteiger partial charge in [-0.2, -0.15) is 0 Å². The molecule has 0 aliphatic heterocycles. The monoisotopic (exact) mass is 214 g/mol. The Labute approximate surface area is 92.7 Å². The Balaban J connectivity index is 2.61. The van der Waals surface area contributed by atoms with Crippen LogP contribution in [0.2, 0.25) is 0 Å². The Morgan fingerprint density at radius 3 is 2.56 bits per heavy atom. The summed E-state index contributed by atoms with van der Waals surface area (Å²) in [6.45, 7) is 1.79. The highest BCUT2D eigenvalue weighted by Gasteiger charge is 2.16. The second-order valence-electron chi connectivity index (χ2n) is 3.50. The maximum atomic E-state index is 10.9. The van der Waals surface area contributed by atoms with E-state index >= 15 is 0 Å². The number of hydrogen-bond acceptors (Lipinski definition) is 3. The van der Waals surface area contributed by atoms with Gasteiger partial charge < -0.3 is 0 Å². The average molecular weight is 214 g/mol. The summed E-state index contributed by atoms with van der Waals surface area (Å²) < 4.78 is 0. The molecule has 1 aromatic carbocycles. The zero-order valence-electron chi connectivity index (χ0n) is 8.75. The molecule has 16 heavy (non-hydrogen) atoms. The Kier molecular flexibility index (Phi) is 2.64. The summed E-state index contributed by atoms with van der Waals surface area (Å²) in [5.41, 5.74) is 2.00. The van der Waals surface area contributed by atoms with E-state index in [0.717, 1.165) is 11.1 Å². The van der Waals surface area contributed by atoms with Crippen LogP contribution in [0.5, 0.6) is 0 Å². The molecule has 0 saturated carbocycles. The lowest BCUT2D eigenvalue weighted by Gasteiger charge is -2.02. The van der Waals surface area contributed by atoms with Gasteiger partial charge in [-0.3, -0.25) is 10.1 Å². The summed E-state index contributed by atoms with van der Waals surface area (Å²) in [4.78, 5) is 14.6. The fraction of sp³-hybridized carbons (Fsp3) is 0.0833. The van der Waals surface area contributed by atoms with Crippen LogP contribution >= 0.6 is 0 Å². The number of nitrogens with zero attached hydrogens (tertiary/aromatic N) is 2. The summed E-state index contributed by atoms with van der Waals surface area (Å²) in [5, 5.41) is 10.9. The Hall–Kier alpha value is -2.23. The molecule has 2 rings (SSSR count). The first-order valence-electron chi connectivity index (χ1n) is 4.85. The van der Waals surface area contributed by atoms with Gasteiger partial charge in [0.1, 0.15) is 5.69 Å². The van der Waals surface area contributed by atoms with E-state index in [9.17, 15) is 10.1 Å². The summed E-state index contributed by atoms with van der Waals surface area (Å²) in [6.07, 6.45) is 1.63. The molecule has 0 bridgehead atoms. The molecule has 0 spiro atoms. The molecule has 1 heterocycles. The van der Waals surface area contributed by atoms with Crippen molar-refractivity contribution in [3.05, 3.63) is 58.3 Å². The van der Waals surface area contributed by atoms with E-state index in [0.29, 0.717) is 5.69 Å². The molecule has 80 valence electrons. The highest BCUT2D eigenvalue weighted by atomic mass is 16.6. The van der Waals surface area contributed by atoms with Crippen LogP contribution in [0.4, 0.5) is 5.69 Å². The van der Waals surface area contributed by atoms with Gasteiger partial charge in [-0.1, -0.05) is 30.3 Å². The van der Waals surface area contributed by atoms with Crippen molar-refractivity contribution in [2.24, 2.45) is 0 Å². The number of aryl methyl sites for hydroxylation is 1. The van der Waals surface area contributed by atoms with E-state index < -0.39 is 4.92 Å². The fourth-order valence-corrected chi connectivity index (χ4v) is 1.51. The van der Waals surface area contributed by atoms with Gasteiger partial charge in [-0.15, -0.1) is 0 Å². The van der Waals surface area contributed by atoms with Gasteiger partial charge in [-0.25, -0.2) is 4.98 Å². The van der Waals surface area contributed by atoms with Gasteiger partial charge in [0.05, 0.1) is 4.92 Å². The summed E-state index contributed by atoms with van der Waals surface area (Å²) in [7, 11) is 0. The molecule has 0 aliphatic carbocycles. The first-order valence-corrected chi connectivity index (χ1v) is 4.85. The summed E-state index contributed by atoms with van der Waals surface area (Å²) >= 11 is 0. The van der Waals surface area contributed by atoms with E-state index in [1.165, 1.54) is 6.07 Å². The van der Waals surface area contributed by atoms with E-state index in [2.05, 4.69) is 4.98 Å². The minimum Gasteiger partial charge on any atom is -0.258 e. The SMILES string of the molecule is Cc1cnc(-c2ccccc2)c([N+](=O)[O-])c1. The molecular formula is C12H10N2O2. The second kappa shape index (κ2) is 4.10. The molecule has 2 aromatic rings. The zero-order chi connectivity index (χ0) is 11.5. The van der Waals surface area contributed by atoms with Gasteiger partial charge in [0.25, 0.3) is 5.69 Å². The van der Waals surface area contributed by atoms with Gasteiger partial charge in [0, 0.05) is 17.8 Å². The molecule has 4 nitrogen and oxygen atoms in total. The van der Waals surface area contributed by atoms with Gasteiger partial charge in [-0.05, 0) is 12.5 Å². The molecule has 1 aromatic heterocycles. The standard InChI is InChI=1S/C12H10N2O2/c1-9-7-11(14(15)16)12(13-8-9)10-5-3-2-4-6-10/h2-8H,1H3. The number of aromatic nitrogens is 1. The van der Waals surface area contributed by atoms with Crippen LogP contribution in [0.1, 0.15) is 5.56 Å². The number of pyridine rings is 1. The highest BCUT2D eigenvalue weighted by molar-refractivity contribution is 5.69. The van der Waals surface area contributed by atoms with Crippen LogP contribution in [0.25, 0.3) is 11.3 Å². The second-order valence-corrected chi connectivity index (χ2v) is 3.50. The lowest BCUT2D eigenvalue weighted by molar-refractivity contribution is -0.384. The highest BCUT2D eigenvalue weighted by Crippen LogP contribution is 2.27. The smallest absolute Gasteiger partial charge is 0.258 e. The van der Waals surface area contributed by atoms with Crippen molar-refractivity contribution in [3.63, 3.8) is 0 Å². The lowest BCUT2D eigenvalue weighted by atomic mass is 10.1. The van der Waals surface area contributed by atoms with Crippen molar-refractivity contribution in [1.29, 1.82) is 0 Å². The molecule has 0 saturated heterocycles. The number of nitro groups is 1. The topological polar surface area (TPSA) is 56.0 Å². The number of rotatable bonds is 2. The Bertz CT molecular complexity index is 524. The van der Waals surface area contributed by atoms with E-state index in [-0.39, 0.29) is 5.69 Å². The molecule has 0 atom stereocenters. The van der Waals surface area contributed by atoms with Crippen molar-refractivity contribution in [2.45, 2.75) is 6.92 Å². The van der Waals surface area contributed by atoms with Crippen molar-refractivity contribution in [1.82, 2.24) is 4.98 Å². The first-order chi connectivity index (χ1) is 7.68. The van der Waals surface area contributed by atoms with E-state index in [4.69, 9.17) is 0 Å². The van der Waals surface area contributed by atoms with Crippen LogP contribution in [0.15, 0.2) is 42.6 Å². The number of hydrogen-bond donors (Lipinski definition) is 0. The zero-order valence-corrected chi connectivity index (χ0v) is 8.75. The van der Waals surface area contributed by atoms with E-state index in [1.807, 2.05) is 30.3 Å². The van der Waals surface area contributed by atoms with Crippen molar-refractivity contribution in [2.75, 3.05) is 0 Å². The van der Waals surface area contributed by atoms with Crippen molar-refractivity contribution < 1.29 is 4.92 Å². The molecule has 0 amide bonds. The lowest BCUT2D eigenvalue weighted by Crippen LogP contribution is -1.95. The van der Waals surface area contributed by atoms with Crippen LogP contribution in [-0.4, -0.2) is 9.91 Å². The quantitative estimate of drug-likeness (QED) is 0.570. The third kappa shape index (κ3) is 1.91. The molecule has 4 heteroatoms. The molecule has 0 N–H and O–H groups in total. The predicted octanol–water partition coefficient (Wildman–Crippen LogP) is 2.97. The van der Waals surface area contributed by atoms with Crippen LogP contribution in [-0.2, 0) is 0 Å². The molecular weight excluding hydrogens is 204 g/mol. The molecule has 0 unspecified atom stereocenters. The molecule has 0 radical (unpaired) electrons. The number of benzene rings is 1. The van der Waals surface area contributed by atoms with Crippen LogP contribution in [0.3, 0.4) is 0 Å². The van der Waals surface area contributed by atoms with Gasteiger partial charge in [0.2, 0.25) is 0 Å². The van der Waals surface area contributed by atoms with Gasteiger partial charge in [0.15, 0.2) is 0 Å². The summed E-state index contributed by atoms with van der Waals surface area (Å²) in [6, 6.07) is 10.7. The molecule has 0 aliphatic rings. The van der Waals surface area contributed by atoms with Crippen LogP contribution < -0.4 is 0 Å². The van der Waals surface area contributed by atoms with Crippen LogP contribution in [0, 0.1) is 17.0 Å². The normalized spacial score (nSPS) is 10.1. The van der Waals surface area contributed by atoms with Crippen molar-refractivity contribution >= 4 is 5.69 Å². The summed E-state index contributed by atoms with van der Waals surface area (Å²) in [5.74, 6) is 0. The maximum absolute atomic E-state index is 10.9. The Morgan fingerprint density at radius 2 is 1.94 bits per heavy atom. The minimum absolute atomic E-state index is 0.0474. The minimum atomic E-state index is -0.400. The van der Waals surface area contributed by atoms with Gasteiger partial charge >= 0.3 is 0 Å². The fourth-order valence-electron chi connectivity index (χ4n) is 1.51. The maximum Gasteiger partial charge on any atom is 0.295 e. The third-order valence-electron chi connectivity index (χ3n) is 2.25. The first kappa shape index (κ1) is 10.3. The molecule has 0 fully saturated rings. The van der Waals surface area contributed by atoms with Crippen molar-refractivity contribution in [3.8, 4) is 11.3 Å². The average Bonchev–Trinajstić information content (AvgIpc) is 2.30. The predicted molar refractivity (Wildman–Crippen MR) is 61.1 cm³/mol. The third-order valence-corrected chi connectivity index (χ3v) is 2.25. The largest absolute Gasteiger partial charge is 0.295 e. The van der Waals surface area contributed by atoms with E-state index in [1.54, 1.807) is 13.1 Å². The Morgan fingerprint density at radius 1 is 1.25 bits per heavy atom.